The second-order valence-corrected chi connectivity index (χ2v) is 4.38. The average molecular weight is 281 g/mol. The normalized spacial score (nSPS) is 11.9. The van der Waals surface area contributed by atoms with Gasteiger partial charge in [0.1, 0.15) is 5.69 Å². The number of carbonyl (C=O) groups is 1. The molecule has 0 fully saturated rings. The van der Waals surface area contributed by atoms with Gasteiger partial charge in [0.25, 0.3) is 5.91 Å². The second-order valence-electron chi connectivity index (χ2n) is 4.38. The number of rotatable bonds is 9. The van der Waals surface area contributed by atoms with Crippen molar-refractivity contribution < 1.29 is 14.3 Å². The van der Waals surface area contributed by atoms with Crippen LogP contribution in [0.2, 0.25) is 0 Å². The number of aromatic nitrogens is 1. The van der Waals surface area contributed by atoms with Gasteiger partial charge in [0.2, 0.25) is 0 Å². The van der Waals surface area contributed by atoms with E-state index in [1.54, 1.807) is 26.5 Å². The first kappa shape index (κ1) is 16.4. The van der Waals surface area contributed by atoms with Crippen LogP contribution < -0.4 is 10.6 Å². The molecule has 0 aliphatic rings. The summed E-state index contributed by atoms with van der Waals surface area (Å²) in [6.07, 6.45) is 2.48. The quantitative estimate of drug-likeness (QED) is 0.713. The highest BCUT2D eigenvalue weighted by molar-refractivity contribution is 5.93. The fourth-order valence-corrected chi connectivity index (χ4v) is 1.63. The lowest BCUT2D eigenvalue weighted by molar-refractivity contribution is 0.0285. The zero-order valence-electron chi connectivity index (χ0n) is 12.3. The number of hydrogen-bond donors (Lipinski definition) is 2. The Kier molecular flexibility index (Phi) is 7.60. The monoisotopic (exact) mass is 281 g/mol. The molecule has 6 nitrogen and oxygen atoms in total. The zero-order valence-corrected chi connectivity index (χ0v) is 12.3. The van der Waals surface area contributed by atoms with Gasteiger partial charge in [0.05, 0.1) is 12.7 Å². The Hall–Kier alpha value is -1.66. The molecule has 0 aromatic carbocycles. The van der Waals surface area contributed by atoms with E-state index in [1.807, 2.05) is 6.07 Å². The minimum absolute atomic E-state index is 0.162. The van der Waals surface area contributed by atoms with Gasteiger partial charge in [-0.1, -0.05) is 6.92 Å². The largest absolute Gasteiger partial charge is 0.385 e. The first-order valence-corrected chi connectivity index (χ1v) is 6.71. The molecule has 0 spiro atoms. The van der Waals surface area contributed by atoms with Crippen molar-refractivity contribution in [2.45, 2.75) is 19.4 Å². The predicted molar refractivity (Wildman–Crippen MR) is 78.0 cm³/mol. The second kappa shape index (κ2) is 9.28. The van der Waals surface area contributed by atoms with Crippen molar-refractivity contribution >= 4 is 11.6 Å². The van der Waals surface area contributed by atoms with Crippen molar-refractivity contribution in [1.82, 2.24) is 10.3 Å². The summed E-state index contributed by atoms with van der Waals surface area (Å²) in [5.74, 6) is -0.219. The lowest BCUT2D eigenvalue weighted by Gasteiger charge is -2.15. The SMILES string of the molecule is CCCNc1ccnc(C(=O)NCC(COC)OC)c1. The molecule has 0 radical (unpaired) electrons. The summed E-state index contributed by atoms with van der Waals surface area (Å²) < 4.78 is 10.2. The number of nitrogens with zero attached hydrogens (tertiary/aromatic N) is 1. The Bertz CT molecular complexity index is 412. The van der Waals surface area contributed by atoms with Gasteiger partial charge in [-0.25, -0.2) is 0 Å². The number of methoxy groups -OCH3 is 2. The van der Waals surface area contributed by atoms with E-state index in [0.29, 0.717) is 18.8 Å². The predicted octanol–water partition coefficient (Wildman–Crippen LogP) is 1.29. The Labute approximate surface area is 119 Å². The van der Waals surface area contributed by atoms with Crippen molar-refractivity contribution in [3.8, 4) is 0 Å². The molecule has 6 heteroatoms. The Morgan fingerprint density at radius 1 is 1.45 bits per heavy atom. The first-order valence-electron chi connectivity index (χ1n) is 6.71. The molecule has 1 amide bonds. The van der Waals surface area contributed by atoms with Crippen molar-refractivity contribution in [3.63, 3.8) is 0 Å². The van der Waals surface area contributed by atoms with E-state index < -0.39 is 0 Å². The van der Waals surface area contributed by atoms with Gasteiger partial charge in [-0.3, -0.25) is 9.78 Å². The maximum atomic E-state index is 12.0. The van der Waals surface area contributed by atoms with Crippen LogP contribution in [0.4, 0.5) is 5.69 Å². The summed E-state index contributed by atoms with van der Waals surface area (Å²) in [5.41, 5.74) is 1.28. The van der Waals surface area contributed by atoms with Gasteiger partial charge in [0.15, 0.2) is 0 Å². The smallest absolute Gasteiger partial charge is 0.270 e. The minimum Gasteiger partial charge on any atom is -0.385 e. The number of pyridine rings is 1. The van der Waals surface area contributed by atoms with Gasteiger partial charge in [-0.05, 0) is 18.6 Å². The van der Waals surface area contributed by atoms with Crippen LogP contribution in [0.3, 0.4) is 0 Å². The molecule has 1 rings (SSSR count). The standard InChI is InChI=1S/C14H23N3O3/c1-4-6-15-11-5-7-16-13(8-11)14(18)17-9-12(20-3)10-19-2/h5,7-8,12H,4,6,9-10H2,1-3H3,(H,15,16)(H,17,18). The molecular formula is C14H23N3O3. The van der Waals surface area contributed by atoms with E-state index in [4.69, 9.17) is 9.47 Å². The van der Waals surface area contributed by atoms with E-state index in [-0.39, 0.29) is 12.0 Å². The molecule has 0 aliphatic heterocycles. The minimum atomic E-state index is -0.219. The maximum absolute atomic E-state index is 12.0. The number of ether oxygens (including phenoxy) is 2. The molecule has 1 aromatic heterocycles. The van der Waals surface area contributed by atoms with Crippen LogP contribution in [-0.2, 0) is 9.47 Å². The average Bonchev–Trinajstić information content (AvgIpc) is 2.49. The van der Waals surface area contributed by atoms with E-state index in [2.05, 4.69) is 22.5 Å². The van der Waals surface area contributed by atoms with E-state index in [1.165, 1.54) is 0 Å². The Morgan fingerprint density at radius 3 is 2.90 bits per heavy atom. The number of carbonyl (C=O) groups excluding carboxylic acids is 1. The lowest BCUT2D eigenvalue weighted by atomic mass is 10.3. The van der Waals surface area contributed by atoms with Crippen LogP contribution in [0.25, 0.3) is 0 Å². The highest BCUT2D eigenvalue weighted by Gasteiger charge is 2.12. The molecule has 20 heavy (non-hydrogen) atoms. The summed E-state index contributed by atoms with van der Waals surface area (Å²) in [5, 5.41) is 6.01. The molecular weight excluding hydrogens is 258 g/mol. The molecule has 1 unspecified atom stereocenters. The molecule has 1 aromatic rings. The van der Waals surface area contributed by atoms with Crippen LogP contribution in [-0.4, -0.2) is 50.9 Å². The zero-order chi connectivity index (χ0) is 14.8. The van der Waals surface area contributed by atoms with Crippen LogP contribution >= 0.6 is 0 Å². The third-order valence-corrected chi connectivity index (χ3v) is 2.75. The first-order chi connectivity index (χ1) is 9.71. The van der Waals surface area contributed by atoms with E-state index in [0.717, 1.165) is 18.7 Å². The number of nitrogens with one attached hydrogen (secondary N) is 2. The molecule has 112 valence electrons. The molecule has 2 N–H and O–H groups in total. The summed E-state index contributed by atoms with van der Waals surface area (Å²) in [6.45, 7) is 3.77. The molecule has 0 saturated heterocycles. The highest BCUT2D eigenvalue weighted by Crippen LogP contribution is 2.07. The van der Waals surface area contributed by atoms with Gasteiger partial charge in [-0.2, -0.15) is 0 Å². The molecule has 0 bridgehead atoms. The van der Waals surface area contributed by atoms with E-state index >= 15 is 0 Å². The van der Waals surface area contributed by atoms with Gasteiger partial charge >= 0.3 is 0 Å². The summed E-state index contributed by atoms with van der Waals surface area (Å²) >= 11 is 0. The van der Waals surface area contributed by atoms with Gasteiger partial charge in [0, 0.05) is 39.2 Å². The Morgan fingerprint density at radius 2 is 2.25 bits per heavy atom. The third-order valence-electron chi connectivity index (χ3n) is 2.75. The fourth-order valence-electron chi connectivity index (χ4n) is 1.63. The number of amides is 1. The van der Waals surface area contributed by atoms with Crippen LogP contribution in [0.15, 0.2) is 18.3 Å². The lowest BCUT2D eigenvalue weighted by Crippen LogP contribution is -2.35. The third kappa shape index (κ3) is 5.54. The van der Waals surface area contributed by atoms with Crippen LogP contribution in [0, 0.1) is 0 Å². The van der Waals surface area contributed by atoms with Crippen molar-refractivity contribution in [1.29, 1.82) is 0 Å². The number of anilines is 1. The summed E-state index contributed by atoms with van der Waals surface area (Å²) in [4.78, 5) is 16.1. The fraction of sp³-hybridized carbons (Fsp3) is 0.571. The van der Waals surface area contributed by atoms with Crippen molar-refractivity contribution in [3.05, 3.63) is 24.0 Å². The van der Waals surface area contributed by atoms with Crippen molar-refractivity contribution in [2.24, 2.45) is 0 Å². The van der Waals surface area contributed by atoms with Crippen molar-refractivity contribution in [2.75, 3.05) is 39.2 Å². The van der Waals surface area contributed by atoms with Crippen LogP contribution in [0.1, 0.15) is 23.8 Å². The molecule has 1 heterocycles. The topological polar surface area (TPSA) is 72.5 Å². The summed E-state index contributed by atoms with van der Waals surface area (Å²) in [6, 6.07) is 3.58. The maximum Gasteiger partial charge on any atom is 0.270 e. The molecule has 0 saturated carbocycles. The van der Waals surface area contributed by atoms with Gasteiger partial charge in [-0.15, -0.1) is 0 Å². The highest BCUT2D eigenvalue weighted by atomic mass is 16.5. The van der Waals surface area contributed by atoms with Crippen LogP contribution in [0.5, 0.6) is 0 Å². The Balaban J connectivity index is 2.54. The van der Waals surface area contributed by atoms with Gasteiger partial charge < -0.3 is 20.1 Å². The summed E-state index contributed by atoms with van der Waals surface area (Å²) in [7, 11) is 3.18. The molecule has 1 atom stereocenters. The number of hydrogen-bond acceptors (Lipinski definition) is 5. The molecule has 0 aliphatic carbocycles. The van der Waals surface area contributed by atoms with E-state index in [9.17, 15) is 4.79 Å².